The standard InChI is InChI=1S/C16H25FN4/c1-2-9-18-16-19-11-13(17)15(20-16)21-10-5-7-12-6-3-4-8-14(12)21/h11-12,14H,2-10H2,1H3,(H,18,19,20). The largest absolute Gasteiger partial charge is 0.354 e. The molecule has 2 aliphatic rings. The van der Waals surface area contributed by atoms with Crippen LogP contribution in [0.15, 0.2) is 6.20 Å². The number of hydrogen-bond acceptors (Lipinski definition) is 4. The molecule has 2 heterocycles. The smallest absolute Gasteiger partial charge is 0.224 e. The summed E-state index contributed by atoms with van der Waals surface area (Å²) in [6.45, 7) is 3.83. The molecule has 1 aromatic rings. The zero-order chi connectivity index (χ0) is 14.7. The van der Waals surface area contributed by atoms with E-state index in [1.165, 1.54) is 38.3 Å². The number of anilines is 2. The number of nitrogens with one attached hydrogen (secondary N) is 1. The van der Waals surface area contributed by atoms with Crippen LogP contribution >= 0.6 is 0 Å². The number of nitrogens with zero attached hydrogens (tertiary/aromatic N) is 3. The first-order valence-corrected chi connectivity index (χ1v) is 8.32. The van der Waals surface area contributed by atoms with Gasteiger partial charge < -0.3 is 10.2 Å². The molecule has 2 unspecified atom stereocenters. The van der Waals surface area contributed by atoms with Gasteiger partial charge in [0.25, 0.3) is 0 Å². The molecule has 2 fully saturated rings. The number of halogens is 1. The van der Waals surface area contributed by atoms with Gasteiger partial charge in [0, 0.05) is 19.1 Å². The van der Waals surface area contributed by atoms with E-state index >= 15 is 0 Å². The Morgan fingerprint density at radius 2 is 2.10 bits per heavy atom. The van der Waals surface area contributed by atoms with Crippen molar-refractivity contribution in [2.24, 2.45) is 5.92 Å². The van der Waals surface area contributed by atoms with Crippen molar-refractivity contribution in [3.8, 4) is 0 Å². The molecule has 3 rings (SSSR count). The quantitative estimate of drug-likeness (QED) is 0.920. The minimum Gasteiger partial charge on any atom is -0.354 e. The maximum atomic E-state index is 14.2. The zero-order valence-electron chi connectivity index (χ0n) is 12.8. The highest BCUT2D eigenvalue weighted by Gasteiger charge is 2.35. The molecule has 0 aromatic carbocycles. The molecule has 5 heteroatoms. The van der Waals surface area contributed by atoms with Gasteiger partial charge in [-0.05, 0) is 38.0 Å². The Balaban J connectivity index is 1.83. The SMILES string of the molecule is CCCNc1ncc(F)c(N2CCCC3CCCCC32)n1. The topological polar surface area (TPSA) is 41.1 Å². The van der Waals surface area contributed by atoms with Crippen molar-refractivity contribution in [3.05, 3.63) is 12.0 Å². The van der Waals surface area contributed by atoms with Crippen LogP contribution in [0, 0.1) is 11.7 Å². The predicted molar refractivity (Wildman–Crippen MR) is 83.1 cm³/mol. The Hall–Kier alpha value is -1.39. The van der Waals surface area contributed by atoms with Gasteiger partial charge in [-0.25, -0.2) is 9.37 Å². The molecule has 1 N–H and O–H groups in total. The second-order valence-electron chi connectivity index (χ2n) is 6.24. The molecule has 4 nitrogen and oxygen atoms in total. The van der Waals surface area contributed by atoms with Crippen LogP contribution in [-0.4, -0.2) is 29.1 Å². The molecule has 1 saturated carbocycles. The van der Waals surface area contributed by atoms with Gasteiger partial charge >= 0.3 is 0 Å². The monoisotopic (exact) mass is 292 g/mol. The fourth-order valence-corrected chi connectivity index (χ4v) is 3.77. The summed E-state index contributed by atoms with van der Waals surface area (Å²) in [5.74, 6) is 1.48. The molecular weight excluding hydrogens is 267 g/mol. The van der Waals surface area contributed by atoms with Crippen LogP contribution in [0.2, 0.25) is 0 Å². The van der Waals surface area contributed by atoms with Crippen molar-refractivity contribution < 1.29 is 4.39 Å². The van der Waals surface area contributed by atoms with Crippen LogP contribution < -0.4 is 10.2 Å². The van der Waals surface area contributed by atoms with E-state index in [0.717, 1.165) is 25.9 Å². The van der Waals surface area contributed by atoms with Crippen LogP contribution in [-0.2, 0) is 0 Å². The first-order chi connectivity index (χ1) is 10.3. The van der Waals surface area contributed by atoms with E-state index in [4.69, 9.17) is 0 Å². The van der Waals surface area contributed by atoms with Gasteiger partial charge in [-0.1, -0.05) is 19.8 Å². The van der Waals surface area contributed by atoms with E-state index in [-0.39, 0.29) is 5.82 Å². The summed E-state index contributed by atoms with van der Waals surface area (Å²) in [6.07, 6.45) is 9.78. The van der Waals surface area contributed by atoms with Crippen molar-refractivity contribution in [2.45, 2.75) is 57.9 Å². The summed E-state index contributed by atoms with van der Waals surface area (Å²) in [4.78, 5) is 10.7. The fraction of sp³-hybridized carbons (Fsp3) is 0.750. The van der Waals surface area contributed by atoms with Gasteiger partial charge in [-0.2, -0.15) is 4.98 Å². The number of aromatic nitrogens is 2. The lowest BCUT2D eigenvalue weighted by Crippen LogP contribution is -2.47. The van der Waals surface area contributed by atoms with E-state index in [1.54, 1.807) is 0 Å². The Labute approximate surface area is 126 Å². The molecule has 1 aliphatic carbocycles. The third-order valence-electron chi connectivity index (χ3n) is 4.77. The normalized spacial score (nSPS) is 25.5. The van der Waals surface area contributed by atoms with E-state index in [1.807, 2.05) is 0 Å². The molecule has 2 atom stereocenters. The summed E-state index contributed by atoms with van der Waals surface area (Å²) in [6, 6.07) is 0.468. The highest BCUT2D eigenvalue weighted by molar-refractivity contribution is 5.45. The Kier molecular flexibility index (Phi) is 4.56. The lowest BCUT2D eigenvalue weighted by Gasteiger charge is -2.44. The highest BCUT2D eigenvalue weighted by atomic mass is 19.1. The van der Waals surface area contributed by atoms with E-state index in [0.29, 0.717) is 23.7 Å². The summed E-state index contributed by atoms with van der Waals surface area (Å²) in [5.41, 5.74) is 0. The molecule has 0 amide bonds. The van der Waals surface area contributed by atoms with E-state index in [2.05, 4.69) is 27.1 Å². The Morgan fingerprint density at radius 1 is 1.29 bits per heavy atom. The third-order valence-corrected chi connectivity index (χ3v) is 4.77. The first-order valence-electron chi connectivity index (χ1n) is 8.32. The number of fused-ring (bicyclic) bond motifs is 1. The van der Waals surface area contributed by atoms with Gasteiger partial charge in [-0.15, -0.1) is 0 Å². The van der Waals surface area contributed by atoms with Crippen LogP contribution in [0.3, 0.4) is 0 Å². The van der Waals surface area contributed by atoms with Crippen molar-refractivity contribution in [3.63, 3.8) is 0 Å². The van der Waals surface area contributed by atoms with Crippen LogP contribution in [0.5, 0.6) is 0 Å². The third kappa shape index (κ3) is 3.11. The van der Waals surface area contributed by atoms with Crippen molar-refractivity contribution in [2.75, 3.05) is 23.3 Å². The number of piperidine rings is 1. The molecule has 21 heavy (non-hydrogen) atoms. The van der Waals surface area contributed by atoms with Gasteiger partial charge in [0.1, 0.15) is 0 Å². The summed E-state index contributed by atoms with van der Waals surface area (Å²) in [5, 5.41) is 3.16. The Morgan fingerprint density at radius 3 is 2.95 bits per heavy atom. The molecule has 0 spiro atoms. The van der Waals surface area contributed by atoms with Crippen LogP contribution in [0.1, 0.15) is 51.9 Å². The van der Waals surface area contributed by atoms with Gasteiger partial charge in [0.15, 0.2) is 11.6 Å². The van der Waals surface area contributed by atoms with Crippen molar-refractivity contribution in [1.82, 2.24) is 9.97 Å². The van der Waals surface area contributed by atoms with Crippen molar-refractivity contribution >= 4 is 11.8 Å². The average molecular weight is 292 g/mol. The molecule has 1 saturated heterocycles. The minimum absolute atomic E-state index is 0.289. The molecular formula is C16H25FN4. The number of hydrogen-bond donors (Lipinski definition) is 1. The summed E-state index contributed by atoms with van der Waals surface area (Å²) in [7, 11) is 0. The maximum absolute atomic E-state index is 14.2. The maximum Gasteiger partial charge on any atom is 0.224 e. The average Bonchev–Trinajstić information content (AvgIpc) is 2.54. The van der Waals surface area contributed by atoms with Crippen LogP contribution in [0.25, 0.3) is 0 Å². The predicted octanol–water partition coefficient (Wildman–Crippen LogP) is 3.60. The van der Waals surface area contributed by atoms with Gasteiger partial charge in [0.05, 0.1) is 6.20 Å². The second kappa shape index (κ2) is 6.58. The van der Waals surface area contributed by atoms with Gasteiger partial charge in [0.2, 0.25) is 5.95 Å². The molecule has 0 radical (unpaired) electrons. The summed E-state index contributed by atoms with van der Waals surface area (Å²) >= 11 is 0. The molecule has 1 aromatic heterocycles. The van der Waals surface area contributed by atoms with E-state index in [9.17, 15) is 4.39 Å². The highest BCUT2D eigenvalue weighted by Crippen LogP contribution is 2.37. The fourth-order valence-electron chi connectivity index (χ4n) is 3.77. The second-order valence-corrected chi connectivity index (χ2v) is 6.24. The van der Waals surface area contributed by atoms with Crippen LogP contribution in [0.4, 0.5) is 16.2 Å². The van der Waals surface area contributed by atoms with Crippen molar-refractivity contribution in [1.29, 1.82) is 0 Å². The summed E-state index contributed by atoms with van der Waals surface area (Å²) < 4.78 is 14.2. The molecule has 116 valence electrons. The minimum atomic E-state index is -0.289. The van der Waals surface area contributed by atoms with E-state index < -0.39 is 0 Å². The molecule has 0 bridgehead atoms. The first kappa shape index (κ1) is 14.5. The molecule has 1 aliphatic heterocycles. The Bertz CT molecular complexity index is 477. The van der Waals surface area contributed by atoms with Gasteiger partial charge in [-0.3, -0.25) is 0 Å². The lowest BCUT2D eigenvalue weighted by molar-refractivity contribution is 0.241. The zero-order valence-corrected chi connectivity index (χ0v) is 12.8. The lowest BCUT2D eigenvalue weighted by atomic mass is 9.78. The number of rotatable bonds is 4.